The Kier molecular flexibility index (Phi) is 7.71. The molecule has 0 bridgehead atoms. The average molecular weight is 499 g/mol. The van der Waals surface area contributed by atoms with E-state index in [1.807, 2.05) is 62.4 Å². The standard InChI is InChI=1S/C26H29F3N6O/c1-3-5-11-22-23(26(27,28)29)34(16-6-4-2)25(36)35(22)17-18-12-14-19(15-13-18)20-9-7-8-10-21(20)24-30-32-33-31-24/h7-10,12-15H,3-6,11,16-17H2,1-2H3,(H,30,31,32,33). The molecule has 2 aromatic carbocycles. The number of nitrogens with zero attached hydrogens (tertiary/aromatic N) is 5. The molecule has 0 aliphatic carbocycles. The van der Waals surface area contributed by atoms with Gasteiger partial charge in [-0.3, -0.25) is 9.13 Å². The fraction of sp³-hybridized carbons (Fsp3) is 0.385. The van der Waals surface area contributed by atoms with E-state index in [4.69, 9.17) is 0 Å². The van der Waals surface area contributed by atoms with Crippen LogP contribution in [-0.4, -0.2) is 29.8 Å². The molecule has 0 aliphatic heterocycles. The van der Waals surface area contributed by atoms with Gasteiger partial charge in [0.1, 0.15) is 5.69 Å². The van der Waals surface area contributed by atoms with Crippen molar-refractivity contribution in [3.05, 3.63) is 76.0 Å². The van der Waals surface area contributed by atoms with E-state index in [0.717, 1.165) is 33.2 Å². The summed E-state index contributed by atoms with van der Waals surface area (Å²) >= 11 is 0. The van der Waals surface area contributed by atoms with Crippen LogP contribution in [0, 0.1) is 0 Å². The minimum absolute atomic E-state index is 0.0576. The highest BCUT2D eigenvalue weighted by atomic mass is 19.4. The van der Waals surface area contributed by atoms with Crippen molar-refractivity contribution >= 4 is 0 Å². The van der Waals surface area contributed by atoms with Crippen molar-refractivity contribution in [2.24, 2.45) is 0 Å². The van der Waals surface area contributed by atoms with Crippen LogP contribution in [0.4, 0.5) is 13.2 Å². The number of nitrogens with one attached hydrogen (secondary N) is 1. The van der Waals surface area contributed by atoms with Gasteiger partial charge in [0.2, 0.25) is 5.82 Å². The van der Waals surface area contributed by atoms with Crippen molar-refractivity contribution in [3.63, 3.8) is 0 Å². The molecule has 0 saturated heterocycles. The summed E-state index contributed by atoms with van der Waals surface area (Å²) in [6.45, 7) is 3.95. The van der Waals surface area contributed by atoms with E-state index in [1.165, 1.54) is 4.57 Å². The fourth-order valence-electron chi connectivity index (χ4n) is 4.42. The number of tetrazole rings is 1. The number of unbranched alkanes of at least 4 members (excludes halogenated alkanes) is 2. The second kappa shape index (κ2) is 10.9. The first-order valence-electron chi connectivity index (χ1n) is 12.2. The first kappa shape index (κ1) is 25.4. The average Bonchev–Trinajstić information content (AvgIpc) is 3.49. The minimum atomic E-state index is -4.59. The molecule has 4 rings (SSSR count). The van der Waals surface area contributed by atoms with E-state index in [-0.39, 0.29) is 25.2 Å². The van der Waals surface area contributed by atoms with Crippen molar-refractivity contribution in [2.45, 2.75) is 65.2 Å². The zero-order valence-corrected chi connectivity index (χ0v) is 20.3. The number of hydrogen-bond donors (Lipinski definition) is 1. The molecule has 0 aliphatic rings. The summed E-state index contributed by atoms with van der Waals surface area (Å²) in [5.41, 5.74) is 2.01. The van der Waals surface area contributed by atoms with E-state index < -0.39 is 17.6 Å². The number of aromatic nitrogens is 6. The summed E-state index contributed by atoms with van der Waals surface area (Å²) in [5.74, 6) is 0.467. The van der Waals surface area contributed by atoms with Crippen LogP contribution in [0.2, 0.25) is 0 Å². The number of aromatic amines is 1. The molecule has 2 aromatic heterocycles. The van der Waals surface area contributed by atoms with Crippen LogP contribution >= 0.6 is 0 Å². The van der Waals surface area contributed by atoms with Crippen molar-refractivity contribution in [2.75, 3.05) is 0 Å². The van der Waals surface area contributed by atoms with Gasteiger partial charge in [0, 0.05) is 12.1 Å². The highest BCUT2D eigenvalue weighted by molar-refractivity contribution is 5.80. The van der Waals surface area contributed by atoms with Crippen molar-refractivity contribution < 1.29 is 13.2 Å². The van der Waals surface area contributed by atoms with Crippen molar-refractivity contribution in [3.8, 4) is 22.5 Å². The van der Waals surface area contributed by atoms with E-state index >= 15 is 0 Å². The number of alkyl halides is 3. The van der Waals surface area contributed by atoms with Crippen LogP contribution in [0.3, 0.4) is 0 Å². The normalized spacial score (nSPS) is 11.8. The van der Waals surface area contributed by atoms with E-state index in [2.05, 4.69) is 20.6 Å². The van der Waals surface area contributed by atoms with Crippen LogP contribution in [0.15, 0.2) is 53.3 Å². The Hall–Kier alpha value is -3.69. The van der Waals surface area contributed by atoms with Gasteiger partial charge >= 0.3 is 11.9 Å². The third-order valence-corrected chi connectivity index (χ3v) is 6.22. The van der Waals surface area contributed by atoms with Gasteiger partial charge in [0.05, 0.1) is 12.2 Å². The number of benzene rings is 2. The summed E-state index contributed by atoms with van der Waals surface area (Å²) in [4.78, 5) is 13.2. The van der Waals surface area contributed by atoms with Crippen LogP contribution in [0.1, 0.15) is 56.5 Å². The van der Waals surface area contributed by atoms with Crippen molar-refractivity contribution in [1.29, 1.82) is 0 Å². The predicted octanol–water partition coefficient (Wildman–Crippen LogP) is 5.71. The maximum absolute atomic E-state index is 14.1. The maximum atomic E-state index is 14.1. The lowest BCUT2D eigenvalue weighted by Crippen LogP contribution is -2.27. The van der Waals surface area contributed by atoms with Gasteiger partial charge < -0.3 is 0 Å². The lowest BCUT2D eigenvalue weighted by molar-refractivity contribution is -0.144. The summed E-state index contributed by atoms with van der Waals surface area (Å²) in [6.07, 6.45) is -1.87. The highest BCUT2D eigenvalue weighted by Crippen LogP contribution is 2.33. The number of hydrogen-bond acceptors (Lipinski definition) is 4. The topological polar surface area (TPSA) is 81.4 Å². The molecule has 4 aromatic rings. The molecule has 7 nitrogen and oxygen atoms in total. The molecule has 1 N–H and O–H groups in total. The predicted molar refractivity (Wildman–Crippen MR) is 131 cm³/mol. The van der Waals surface area contributed by atoms with Crippen LogP contribution in [-0.2, 0) is 25.7 Å². The second-order valence-electron chi connectivity index (χ2n) is 8.75. The molecule has 2 heterocycles. The van der Waals surface area contributed by atoms with E-state index in [9.17, 15) is 18.0 Å². The van der Waals surface area contributed by atoms with Gasteiger partial charge in [-0.2, -0.15) is 18.4 Å². The number of H-pyrrole nitrogens is 1. The third kappa shape index (κ3) is 5.27. The summed E-state index contributed by atoms with van der Waals surface area (Å²) in [7, 11) is 0. The van der Waals surface area contributed by atoms with Crippen LogP contribution < -0.4 is 5.69 Å². The Labute approximate surface area is 207 Å². The van der Waals surface area contributed by atoms with E-state index in [1.54, 1.807) is 0 Å². The summed E-state index contributed by atoms with van der Waals surface area (Å²) in [6, 6.07) is 15.1. The Bertz CT molecular complexity index is 1340. The number of halogens is 3. The Morgan fingerprint density at radius 1 is 0.917 bits per heavy atom. The maximum Gasteiger partial charge on any atom is 0.433 e. The lowest BCUT2D eigenvalue weighted by atomic mass is 9.98. The smallest absolute Gasteiger partial charge is 0.291 e. The molecule has 190 valence electrons. The fourth-order valence-corrected chi connectivity index (χ4v) is 4.42. The Balaban J connectivity index is 1.71. The van der Waals surface area contributed by atoms with Crippen LogP contribution in [0.25, 0.3) is 22.5 Å². The molecule has 36 heavy (non-hydrogen) atoms. The van der Waals surface area contributed by atoms with Crippen LogP contribution in [0.5, 0.6) is 0 Å². The number of imidazole rings is 1. The molecule has 0 fully saturated rings. The van der Waals surface area contributed by atoms with Gasteiger partial charge in [-0.25, -0.2) is 4.79 Å². The number of rotatable bonds is 10. The molecule has 0 amide bonds. The molecule has 0 spiro atoms. The van der Waals surface area contributed by atoms with Gasteiger partial charge in [-0.05, 0) is 41.2 Å². The monoisotopic (exact) mass is 498 g/mol. The Morgan fingerprint density at radius 2 is 1.61 bits per heavy atom. The van der Waals surface area contributed by atoms with Gasteiger partial charge in [-0.15, -0.1) is 10.2 Å². The molecule has 0 saturated carbocycles. The largest absolute Gasteiger partial charge is 0.433 e. The molecular weight excluding hydrogens is 469 g/mol. The van der Waals surface area contributed by atoms with Crippen molar-refractivity contribution in [1.82, 2.24) is 29.8 Å². The van der Waals surface area contributed by atoms with E-state index in [0.29, 0.717) is 25.1 Å². The molecule has 0 radical (unpaired) electrons. The molecular formula is C26H29F3N6O. The van der Waals surface area contributed by atoms with Gasteiger partial charge in [0.15, 0.2) is 0 Å². The summed E-state index contributed by atoms with van der Waals surface area (Å²) in [5, 5.41) is 14.2. The Morgan fingerprint density at radius 3 is 2.22 bits per heavy atom. The second-order valence-corrected chi connectivity index (χ2v) is 8.75. The first-order chi connectivity index (χ1) is 17.3. The lowest BCUT2D eigenvalue weighted by Gasteiger charge is -2.13. The zero-order valence-electron chi connectivity index (χ0n) is 20.3. The SMILES string of the molecule is CCCCc1c(C(F)(F)F)n(CCCC)c(=O)n1Cc1ccc(-c2ccccc2-c2nn[nH]n2)cc1. The summed E-state index contributed by atoms with van der Waals surface area (Å²) < 4.78 is 44.5. The molecule has 10 heteroatoms. The minimum Gasteiger partial charge on any atom is -0.291 e. The molecule has 0 unspecified atom stereocenters. The quantitative estimate of drug-likeness (QED) is 0.304. The zero-order chi connectivity index (χ0) is 25.7. The molecule has 0 atom stereocenters. The third-order valence-electron chi connectivity index (χ3n) is 6.22. The van der Waals surface area contributed by atoms with Gasteiger partial charge in [0.25, 0.3) is 0 Å². The highest BCUT2D eigenvalue weighted by Gasteiger charge is 2.40. The first-order valence-corrected chi connectivity index (χ1v) is 12.2. The van der Waals surface area contributed by atoms with Gasteiger partial charge in [-0.1, -0.05) is 75.2 Å².